The summed E-state index contributed by atoms with van der Waals surface area (Å²) in [7, 11) is 0. The molecule has 0 aliphatic rings. The van der Waals surface area contributed by atoms with Gasteiger partial charge in [-0.2, -0.15) is 0 Å². The molecule has 0 spiro atoms. The molecule has 22 heavy (non-hydrogen) atoms. The van der Waals surface area contributed by atoms with Gasteiger partial charge in [0.25, 0.3) is 0 Å². The molecule has 126 valence electrons. The Morgan fingerprint density at radius 1 is 1.05 bits per heavy atom. The molecule has 0 bridgehead atoms. The number of aryl methyl sites for hydroxylation is 2. The molecule has 0 saturated carbocycles. The van der Waals surface area contributed by atoms with Crippen LogP contribution < -0.4 is 10.6 Å². The molecule has 0 fully saturated rings. The van der Waals surface area contributed by atoms with Gasteiger partial charge in [0, 0.05) is 25.1 Å². The Kier molecular flexibility index (Phi) is 9.35. The topological polar surface area (TPSA) is 62.5 Å². The third-order valence-electron chi connectivity index (χ3n) is 3.67. The molecular formula is C17H32N4O. The summed E-state index contributed by atoms with van der Waals surface area (Å²) in [6.07, 6.45) is 6.77. The molecule has 0 radical (unpaired) electrons. The average molecular weight is 308 g/mol. The van der Waals surface area contributed by atoms with Crippen molar-refractivity contribution in [2.45, 2.75) is 72.8 Å². The zero-order chi connectivity index (χ0) is 16.2. The molecule has 1 aromatic rings. The highest BCUT2D eigenvalue weighted by Crippen LogP contribution is 2.16. The van der Waals surface area contributed by atoms with Gasteiger partial charge in [-0.3, -0.25) is 0 Å². The molecule has 0 saturated heterocycles. The first-order valence-electron chi connectivity index (χ1n) is 8.75. The van der Waals surface area contributed by atoms with E-state index in [-0.39, 0.29) is 0 Å². The Morgan fingerprint density at radius 3 is 2.50 bits per heavy atom. The number of nitrogens with zero attached hydrogens (tertiary/aromatic N) is 2. The predicted octanol–water partition coefficient (Wildman–Crippen LogP) is 3.43. The first kappa shape index (κ1) is 18.5. The summed E-state index contributed by atoms with van der Waals surface area (Å²) < 4.78 is 5.39. The molecular weight excluding hydrogens is 276 g/mol. The van der Waals surface area contributed by atoms with Crippen LogP contribution in [0.2, 0.25) is 0 Å². The third-order valence-corrected chi connectivity index (χ3v) is 3.67. The maximum Gasteiger partial charge on any atom is 0.191 e. The fourth-order valence-electron chi connectivity index (χ4n) is 2.38. The van der Waals surface area contributed by atoms with Crippen LogP contribution >= 0.6 is 0 Å². The van der Waals surface area contributed by atoms with Crippen LogP contribution in [-0.2, 0) is 19.4 Å². The van der Waals surface area contributed by atoms with E-state index in [4.69, 9.17) is 4.52 Å². The highest BCUT2D eigenvalue weighted by Gasteiger charge is 2.12. The molecule has 0 aliphatic heterocycles. The van der Waals surface area contributed by atoms with E-state index in [1.807, 2.05) is 0 Å². The Morgan fingerprint density at radius 2 is 1.86 bits per heavy atom. The van der Waals surface area contributed by atoms with Crippen molar-refractivity contribution >= 4 is 5.96 Å². The van der Waals surface area contributed by atoms with Gasteiger partial charge in [-0.25, -0.2) is 4.99 Å². The first-order valence-corrected chi connectivity index (χ1v) is 8.75. The number of rotatable bonds is 10. The lowest BCUT2D eigenvalue weighted by molar-refractivity contribution is 0.380. The number of aliphatic imine (C=N–C) groups is 1. The molecule has 2 N–H and O–H groups in total. The second-order valence-electron chi connectivity index (χ2n) is 5.42. The van der Waals surface area contributed by atoms with Crippen LogP contribution in [0.4, 0.5) is 0 Å². The van der Waals surface area contributed by atoms with Gasteiger partial charge in [0.15, 0.2) is 5.96 Å². The van der Waals surface area contributed by atoms with Crippen LogP contribution in [0, 0.1) is 0 Å². The summed E-state index contributed by atoms with van der Waals surface area (Å²) in [5, 5.41) is 10.8. The normalized spacial score (nSPS) is 11.7. The average Bonchev–Trinajstić information content (AvgIpc) is 2.94. The number of aromatic nitrogens is 1. The van der Waals surface area contributed by atoms with Gasteiger partial charge < -0.3 is 15.2 Å². The minimum Gasteiger partial charge on any atom is -0.361 e. The Bertz CT molecular complexity index is 418. The van der Waals surface area contributed by atoms with Gasteiger partial charge in [0.05, 0.1) is 12.2 Å². The quantitative estimate of drug-likeness (QED) is 0.395. The van der Waals surface area contributed by atoms with Crippen molar-refractivity contribution in [1.82, 2.24) is 15.8 Å². The summed E-state index contributed by atoms with van der Waals surface area (Å²) in [6, 6.07) is 0. The molecule has 0 aliphatic carbocycles. The largest absolute Gasteiger partial charge is 0.361 e. The van der Waals surface area contributed by atoms with Crippen molar-refractivity contribution in [1.29, 1.82) is 0 Å². The van der Waals surface area contributed by atoms with Gasteiger partial charge >= 0.3 is 0 Å². The second-order valence-corrected chi connectivity index (χ2v) is 5.42. The lowest BCUT2D eigenvalue weighted by Crippen LogP contribution is -2.37. The van der Waals surface area contributed by atoms with Crippen molar-refractivity contribution in [2.75, 3.05) is 13.1 Å². The van der Waals surface area contributed by atoms with E-state index >= 15 is 0 Å². The van der Waals surface area contributed by atoms with Crippen LogP contribution in [0.1, 0.15) is 70.4 Å². The molecule has 5 nitrogen and oxygen atoms in total. The van der Waals surface area contributed by atoms with E-state index in [9.17, 15) is 0 Å². The lowest BCUT2D eigenvalue weighted by Gasteiger charge is -2.11. The second kappa shape index (κ2) is 11.1. The SMILES string of the molecule is CCCCCCNC(=NCc1c(CC)noc1CC)NCC. The minimum atomic E-state index is 0.625. The summed E-state index contributed by atoms with van der Waals surface area (Å²) in [4.78, 5) is 4.69. The molecule has 1 aromatic heterocycles. The number of hydrogen-bond acceptors (Lipinski definition) is 3. The molecule has 0 aromatic carbocycles. The lowest BCUT2D eigenvalue weighted by atomic mass is 10.1. The molecule has 0 unspecified atom stereocenters. The summed E-state index contributed by atoms with van der Waals surface area (Å²) >= 11 is 0. The number of unbranched alkanes of at least 4 members (excludes halogenated alkanes) is 3. The zero-order valence-corrected chi connectivity index (χ0v) is 14.7. The summed E-state index contributed by atoms with van der Waals surface area (Å²) in [6.45, 7) is 11.0. The molecule has 0 amide bonds. The van der Waals surface area contributed by atoms with Gasteiger partial charge in [-0.05, 0) is 19.8 Å². The monoisotopic (exact) mass is 308 g/mol. The number of hydrogen-bond donors (Lipinski definition) is 2. The van der Waals surface area contributed by atoms with Crippen LogP contribution in [0.25, 0.3) is 0 Å². The zero-order valence-electron chi connectivity index (χ0n) is 14.7. The van der Waals surface area contributed by atoms with Crippen molar-refractivity contribution in [2.24, 2.45) is 4.99 Å². The van der Waals surface area contributed by atoms with E-state index in [1.54, 1.807) is 0 Å². The number of nitrogens with one attached hydrogen (secondary N) is 2. The Hall–Kier alpha value is -1.52. The maximum absolute atomic E-state index is 5.39. The fourth-order valence-corrected chi connectivity index (χ4v) is 2.38. The van der Waals surface area contributed by atoms with E-state index in [0.29, 0.717) is 6.54 Å². The first-order chi connectivity index (χ1) is 10.8. The smallest absolute Gasteiger partial charge is 0.191 e. The summed E-state index contributed by atoms with van der Waals surface area (Å²) in [5.74, 6) is 1.84. The van der Waals surface area contributed by atoms with Crippen molar-refractivity contribution in [3.63, 3.8) is 0 Å². The summed E-state index contributed by atoms with van der Waals surface area (Å²) in [5.41, 5.74) is 2.17. The molecule has 1 rings (SSSR count). The molecule has 0 atom stereocenters. The molecule has 1 heterocycles. The van der Waals surface area contributed by atoms with Gasteiger partial charge in [0.1, 0.15) is 5.76 Å². The van der Waals surface area contributed by atoms with Crippen LogP contribution in [0.5, 0.6) is 0 Å². The standard InChI is InChI=1S/C17H32N4O/c1-5-9-10-11-12-19-17(18-8-4)20-13-14-15(6-2)21-22-16(14)7-3/h5-13H2,1-4H3,(H2,18,19,20). The van der Waals surface area contributed by atoms with Crippen molar-refractivity contribution < 1.29 is 4.52 Å². The van der Waals surface area contributed by atoms with Crippen molar-refractivity contribution in [3.8, 4) is 0 Å². The Balaban J connectivity index is 2.59. The predicted molar refractivity (Wildman–Crippen MR) is 92.2 cm³/mol. The highest BCUT2D eigenvalue weighted by molar-refractivity contribution is 5.79. The van der Waals surface area contributed by atoms with E-state index in [2.05, 4.69) is 48.5 Å². The third kappa shape index (κ3) is 6.08. The number of guanidine groups is 1. The Labute approximate surface area is 135 Å². The van der Waals surface area contributed by atoms with Crippen LogP contribution in [0.3, 0.4) is 0 Å². The van der Waals surface area contributed by atoms with Gasteiger partial charge in [0.2, 0.25) is 0 Å². The van der Waals surface area contributed by atoms with E-state index in [1.165, 1.54) is 25.7 Å². The van der Waals surface area contributed by atoms with E-state index < -0.39 is 0 Å². The van der Waals surface area contributed by atoms with Crippen molar-refractivity contribution in [3.05, 3.63) is 17.0 Å². The van der Waals surface area contributed by atoms with E-state index in [0.717, 1.165) is 48.9 Å². The van der Waals surface area contributed by atoms with Crippen LogP contribution in [-0.4, -0.2) is 24.2 Å². The fraction of sp³-hybridized carbons (Fsp3) is 0.765. The maximum atomic E-state index is 5.39. The molecule has 5 heteroatoms. The van der Waals surface area contributed by atoms with Gasteiger partial charge in [-0.15, -0.1) is 0 Å². The van der Waals surface area contributed by atoms with Gasteiger partial charge in [-0.1, -0.05) is 45.2 Å². The van der Waals surface area contributed by atoms with Crippen LogP contribution in [0.15, 0.2) is 9.52 Å². The minimum absolute atomic E-state index is 0.625. The highest BCUT2D eigenvalue weighted by atomic mass is 16.5.